The number of anilines is 3. The van der Waals surface area contributed by atoms with E-state index in [9.17, 15) is 9.18 Å². The van der Waals surface area contributed by atoms with E-state index < -0.39 is 5.97 Å². The number of pyridine rings is 1. The van der Waals surface area contributed by atoms with Crippen LogP contribution in [-0.2, 0) is 0 Å². The summed E-state index contributed by atoms with van der Waals surface area (Å²) < 4.78 is 12.9. The zero-order chi connectivity index (χ0) is 14.0. The van der Waals surface area contributed by atoms with Crippen molar-refractivity contribution >= 4 is 23.2 Å². The van der Waals surface area contributed by atoms with Gasteiger partial charge in [0.05, 0.1) is 11.3 Å². The number of nitrogen functional groups attached to an aromatic ring is 1. The van der Waals surface area contributed by atoms with Crippen molar-refractivity contribution in [2.45, 2.75) is 0 Å². The molecule has 0 radical (unpaired) electrons. The van der Waals surface area contributed by atoms with Crippen LogP contribution < -0.4 is 10.6 Å². The fraction of sp³-hybridized carbons (Fsp3) is 0.0769. The van der Waals surface area contributed by atoms with E-state index in [-0.39, 0.29) is 17.1 Å². The predicted octanol–water partition coefficient (Wildman–Crippen LogP) is 2.27. The lowest BCUT2D eigenvalue weighted by molar-refractivity contribution is 0.0698. The second kappa shape index (κ2) is 4.93. The molecule has 1 heterocycles. The Labute approximate surface area is 109 Å². The highest BCUT2D eigenvalue weighted by atomic mass is 19.1. The third-order valence-electron chi connectivity index (χ3n) is 2.73. The van der Waals surface area contributed by atoms with Crippen LogP contribution in [0.5, 0.6) is 0 Å². The van der Waals surface area contributed by atoms with E-state index in [1.807, 2.05) is 0 Å². The number of nitrogens with two attached hydrogens (primary N) is 1. The number of aromatic nitrogens is 1. The molecule has 2 aromatic rings. The van der Waals surface area contributed by atoms with Gasteiger partial charge in [-0.15, -0.1) is 0 Å². The molecule has 0 aliphatic heterocycles. The molecule has 0 unspecified atom stereocenters. The van der Waals surface area contributed by atoms with Crippen LogP contribution in [0, 0.1) is 5.82 Å². The summed E-state index contributed by atoms with van der Waals surface area (Å²) in [6.07, 6.45) is 1.37. The molecule has 0 fully saturated rings. The van der Waals surface area contributed by atoms with E-state index >= 15 is 0 Å². The van der Waals surface area contributed by atoms with Crippen molar-refractivity contribution in [2.75, 3.05) is 17.7 Å². The van der Waals surface area contributed by atoms with Gasteiger partial charge in [0, 0.05) is 18.9 Å². The minimum atomic E-state index is -1.12. The lowest BCUT2D eigenvalue weighted by Crippen LogP contribution is -2.15. The van der Waals surface area contributed by atoms with E-state index in [1.165, 1.54) is 24.4 Å². The number of nitrogens with zero attached hydrogens (tertiary/aromatic N) is 2. The molecule has 0 saturated carbocycles. The number of carboxylic acids is 1. The Balaban J connectivity index is 2.44. The third-order valence-corrected chi connectivity index (χ3v) is 2.73. The fourth-order valence-electron chi connectivity index (χ4n) is 1.70. The molecule has 0 bridgehead atoms. The van der Waals surface area contributed by atoms with Crippen molar-refractivity contribution in [1.82, 2.24) is 4.98 Å². The number of carboxylic acid groups (broad SMARTS) is 1. The van der Waals surface area contributed by atoms with Crippen molar-refractivity contribution < 1.29 is 14.3 Å². The summed E-state index contributed by atoms with van der Waals surface area (Å²) in [5, 5.41) is 9.00. The third kappa shape index (κ3) is 2.47. The van der Waals surface area contributed by atoms with Gasteiger partial charge in [0.25, 0.3) is 0 Å². The quantitative estimate of drug-likeness (QED) is 0.886. The minimum absolute atomic E-state index is 0.0149. The van der Waals surface area contributed by atoms with Gasteiger partial charge in [-0.05, 0) is 30.3 Å². The second-order valence-corrected chi connectivity index (χ2v) is 3.94. The van der Waals surface area contributed by atoms with Crippen molar-refractivity contribution in [3.05, 3.63) is 47.9 Å². The molecule has 0 aliphatic carbocycles. The van der Waals surface area contributed by atoms with Gasteiger partial charge in [-0.25, -0.2) is 14.2 Å². The first-order valence-corrected chi connectivity index (χ1v) is 5.47. The first-order chi connectivity index (χ1) is 9.00. The molecule has 1 aromatic carbocycles. The molecular weight excluding hydrogens is 249 g/mol. The maximum Gasteiger partial charge on any atom is 0.337 e. The van der Waals surface area contributed by atoms with Crippen LogP contribution in [0.25, 0.3) is 0 Å². The monoisotopic (exact) mass is 261 g/mol. The van der Waals surface area contributed by atoms with Gasteiger partial charge >= 0.3 is 5.97 Å². The summed E-state index contributed by atoms with van der Waals surface area (Å²) in [4.78, 5) is 16.7. The molecule has 1 aromatic heterocycles. The number of aromatic carboxylic acids is 1. The average molecular weight is 261 g/mol. The molecule has 0 saturated heterocycles. The summed E-state index contributed by atoms with van der Waals surface area (Å²) in [6, 6.07) is 7.07. The van der Waals surface area contributed by atoms with Gasteiger partial charge in [-0.3, -0.25) is 0 Å². The maximum atomic E-state index is 12.9. The highest BCUT2D eigenvalue weighted by molar-refractivity contribution is 5.96. The van der Waals surface area contributed by atoms with Crippen molar-refractivity contribution in [3.8, 4) is 0 Å². The van der Waals surface area contributed by atoms with Crippen LogP contribution in [0.1, 0.15) is 10.4 Å². The fourth-order valence-corrected chi connectivity index (χ4v) is 1.70. The Morgan fingerprint density at radius 1 is 1.32 bits per heavy atom. The smallest absolute Gasteiger partial charge is 0.337 e. The van der Waals surface area contributed by atoms with Crippen molar-refractivity contribution in [2.24, 2.45) is 0 Å². The predicted molar refractivity (Wildman–Crippen MR) is 70.1 cm³/mol. The Bertz CT molecular complexity index is 614. The molecule has 0 aliphatic rings. The van der Waals surface area contributed by atoms with Crippen LogP contribution in [0.4, 0.5) is 21.6 Å². The minimum Gasteiger partial charge on any atom is -0.478 e. The van der Waals surface area contributed by atoms with Gasteiger partial charge in [0.15, 0.2) is 5.82 Å². The second-order valence-electron chi connectivity index (χ2n) is 3.94. The maximum absolute atomic E-state index is 12.9. The SMILES string of the molecule is CN(c1ccc(F)cc1)c1nccc(C(=O)O)c1N. The molecule has 6 heteroatoms. The Morgan fingerprint density at radius 3 is 2.53 bits per heavy atom. The molecule has 2 rings (SSSR count). The van der Waals surface area contributed by atoms with Gasteiger partial charge in [0.1, 0.15) is 5.82 Å². The number of hydrogen-bond donors (Lipinski definition) is 2. The van der Waals surface area contributed by atoms with E-state index in [0.29, 0.717) is 11.5 Å². The topological polar surface area (TPSA) is 79.5 Å². The van der Waals surface area contributed by atoms with E-state index in [1.54, 1.807) is 24.1 Å². The molecular formula is C13H12FN3O2. The zero-order valence-electron chi connectivity index (χ0n) is 10.2. The highest BCUT2D eigenvalue weighted by Crippen LogP contribution is 2.28. The Morgan fingerprint density at radius 2 is 1.95 bits per heavy atom. The summed E-state index contributed by atoms with van der Waals surface area (Å²) in [5.74, 6) is -1.16. The van der Waals surface area contributed by atoms with Gasteiger partial charge in [0.2, 0.25) is 0 Å². The van der Waals surface area contributed by atoms with Crippen LogP contribution in [-0.4, -0.2) is 23.1 Å². The molecule has 5 nitrogen and oxygen atoms in total. The standard InChI is InChI=1S/C13H12FN3O2/c1-17(9-4-2-8(14)3-5-9)12-11(15)10(13(18)19)6-7-16-12/h2-7H,15H2,1H3,(H,18,19). The number of carbonyl (C=O) groups is 1. The zero-order valence-corrected chi connectivity index (χ0v) is 10.2. The summed E-state index contributed by atoms with van der Waals surface area (Å²) >= 11 is 0. The number of rotatable bonds is 3. The Kier molecular flexibility index (Phi) is 3.33. The van der Waals surface area contributed by atoms with Crippen LogP contribution in [0.2, 0.25) is 0 Å². The molecule has 0 amide bonds. The van der Waals surface area contributed by atoms with Crippen LogP contribution in [0.15, 0.2) is 36.5 Å². The highest BCUT2D eigenvalue weighted by Gasteiger charge is 2.16. The average Bonchev–Trinajstić information content (AvgIpc) is 2.38. The normalized spacial score (nSPS) is 10.2. The number of halogens is 1. The van der Waals surface area contributed by atoms with E-state index in [2.05, 4.69) is 4.98 Å². The summed E-state index contributed by atoms with van der Waals surface area (Å²) in [6.45, 7) is 0. The lowest BCUT2D eigenvalue weighted by atomic mass is 10.2. The largest absolute Gasteiger partial charge is 0.478 e. The van der Waals surface area contributed by atoms with E-state index in [0.717, 1.165) is 0 Å². The van der Waals surface area contributed by atoms with Crippen molar-refractivity contribution in [3.63, 3.8) is 0 Å². The van der Waals surface area contributed by atoms with Crippen LogP contribution in [0.3, 0.4) is 0 Å². The Hall–Kier alpha value is -2.63. The van der Waals surface area contributed by atoms with Gasteiger partial charge < -0.3 is 15.7 Å². The van der Waals surface area contributed by atoms with Crippen LogP contribution >= 0.6 is 0 Å². The lowest BCUT2D eigenvalue weighted by Gasteiger charge is -2.20. The van der Waals surface area contributed by atoms with Crippen molar-refractivity contribution in [1.29, 1.82) is 0 Å². The summed E-state index contributed by atoms with van der Waals surface area (Å²) in [5.41, 5.74) is 6.51. The molecule has 0 atom stereocenters. The molecule has 0 spiro atoms. The summed E-state index contributed by atoms with van der Waals surface area (Å²) in [7, 11) is 1.68. The number of benzene rings is 1. The molecule has 98 valence electrons. The first kappa shape index (κ1) is 12.8. The van der Waals surface area contributed by atoms with Gasteiger partial charge in [-0.2, -0.15) is 0 Å². The molecule has 3 N–H and O–H groups in total. The number of hydrogen-bond acceptors (Lipinski definition) is 4. The first-order valence-electron chi connectivity index (χ1n) is 5.47. The molecule has 19 heavy (non-hydrogen) atoms. The van der Waals surface area contributed by atoms with Gasteiger partial charge in [-0.1, -0.05) is 0 Å². The van der Waals surface area contributed by atoms with E-state index in [4.69, 9.17) is 10.8 Å².